The average molecular weight is 452 g/mol. The predicted octanol–water partition coefficient (Wildman–Crippen LogP) is 4.87. The van der Waals surface area contributed by atoms with Crippen LogP contribution in [-0.4, -0.2) is 50.1 Å². The van der Waals surface area contributed by atoms with Gasteiger partial charge >= 0.3 is 0 Å². The first-order chi connectivity index (χ1) is 15.7. The maximum atomic E-state index is 13.5. The molecule has 0 radical (unpaired) electrons. The van der Waals surface area contributed by atoms with Gasteiger partial charge in [0, 0.05) is 57.2 Å². The highest BCUT2D eigenvalue weighted by Gasteiger charge is 2.25. The van der Waals surface area contributed by atoms with Crippen LogP contribution in [0.2, 0.25) is 0 Å². The van der Waals surface area contributed by atoms with E-state index < -0.39 is 0 Å². The Kier molecular flexibility index (Phi) is 8.50. The monoisotopic (exact) mass is 451 g/mol. The smallest absolute Gasteiger partial charge is 0.254 e. The van der Waals surface area contributed by atoms with E-state index in [1.54, 1.807) is 0 Å². The van der Waals surface area contributed by atoms with Gasteiger partial charge in [0.1, 0.15) is 0 Å². The van der Waals surface area contributed by atoms with Gasteiger partial charge in [-0.3, -0.25) is 9.59 Å². The van der Waals surface area contributed by atoms with Gasteiger partial charge in [0.15, 0.2) is 0 Å². The molecule has 0 aliphatic carbocycles. The third-order valence-electron chi connectivity index (χ3n) is 5.80. The molecule has 33 heavy (non-hydrogen) atoms. The maximum absolute atomic E-state index is 13.5. The van der Waals surface area contributed by atoms with Gasteiger partial charge in [-0.15, -0.1) is 0 Å². The first-order valence-corrected chi connectivity index (χ1v) is 11.8. The molecule has 1 saturated heterocycles. The predicted molar refractivity (Wildman–Crippen MR) is 134 cm³/mol. The summed E-state index contributed by atoms with van der Waals surface area (Å²) in [6, 6.07) is 13.6. The second kappa shape index (κ2) is 11.3. The van der Waals surface area contributed by atoms with Crippen LogP contribution in [0.15, 0.2) is 42.5 Å². The van der Waals surface area contributed by atoms with Crippen molar-refractivity contribution in [3.63, 3.8) is 0 Å². The molecule has 0 spiro atoms. The molecule has 2 aromatic carbocycles. The molecule has 1 aliphatic heterocycles. The molecule has 1 atom stereocenters. The van der Waals surface area contributed by atoms with Crippen LogP contribution in [0.4, 0.5) is 11.4 Å². The lowest BCUT2D eigenvalue weighted by Crippen LogP contribution is -2.37. The van der Waals surface area contributed by atoms with E-state index in [1.807, 2.05) is 87.1 Å². The normalized spacial score (nSPS) is 15.5. The molecule has 2 amide bonds. The Morgan fingerprint density at radius 2 is 1.94 bits per heavy atom. The van der Waals surface area contributed by atoms with Crippen LogP contribution in [-0.2, 0) is 16.1 Å². The van der Waals surface area contributed by atoms with E-state index in [0.717, 1.165) is 42.0 Å². The molecule has 1 heterocycles. The van der Waals surface area contributed by atoms with E-state index in [9.17, 15) is 9.59 Å². The number of carbonyl (C=O) groups excluding carboxylic acids is 2. The van der Waals surface area contributed by atoms with E-state index in [2.05, 4.69) is 5.32 Å². The fraction of sp³-hybridized carbons (Fsp3) is 0.481. The SMILES string of the molecule is Cc1cccc(C(=O)N(Cc2cc(NC(=O)CC(C)C)ccc2N(C)C)CC2CCCO2)c1. The van der Waals surface area contributed by atoms with Crippen molar-refractivity contribution >= 4 is 23.2 Å². The molecule has 0 aromatic heterocycles. The van der Waals surface area contributed by atoms with E-state index in [4.69, 9.17) is 4.74 Å². The zero-order chi connectivity index (χ0) is 24.0. The van der Waals surface area contributed by atoms with Crippen LogP contribution >= 0.6 is 0 Å². The molecule has 3 rings (SSSR count). The quantitative estimate of drug-likeness (QED) is 0.591. The molecule has 6 nitrogen and oxygen atoms in total. The summed E-state index contributed by atoms with van der Waals surface area (Å²) in [5.41, 5.74) is 4.50. The molecular formula is C27H37N3O3. The van der Waals surface area contributed by atoms with Crippen LogP contribution < -0.4 is 10.2 Å². The first kappa shape index (κ1) is 24.8. The fourth-order valence-corrected chi connectivity index (χ4v) is 4.23. The van der Waals surface area contributed by atoms with Gasteiger partial charge in [-0.2, -0.15) is 0 Å². The lowest BCUT2D eigenvalue weighted by Gasteiger charge is -2.28. The third-order valence-corrected chi connectivity index (χ3v) is 5.80. The Morgan fingerprint density at radius 1 is 1.15 bits per heavy atom. The number of hydrogen-bond acceptors (Lipinski definition) is 4. The van der Waals surface area contributed by atoms with E-state index in [1.165, 1.54) is 0 Å². The number of rotatable bonds is 9. The number of carbonyl (C=O) groups is 2. The lowest BCUT2D eigenvalue weighted by molar-refractivity contribution is -0.116. The fourth-order valence-electron chi connectivity index (χ4n) is 4.23. The van der Waals surface area contributed by atoms with Crippen molar-refractivity contribution in [2.45, 2.75) is 52.7 Å². The largest absolute Gasteiger partial charge is 0.377 e. The number of nitrogens with one attached hydrogen (secondary N) is 1. The van der Waals surface area contributed by atoms with Gasteiger partial charge in [0.25, 0.3) is 5.91 Å². The van der Waals surface area contributed by atoms with Gasteiger partial charge in [-0.1, -0.05) is 31.5 Å². The van der Waals surface area contributed by atoms with Gasteiger partial charge in [0.2, 0.25) is 5.91 Å². The molecule has 0 bridgehead atoms. The average Bonchev–Trinajstić information content (AvgIpc) is 3.25. The first-order valence-electron chi connectivity index (χ1n) is 11.8. The minimum absolute atomic E-state index is 0.000557. The number of anilines is 2. The number of benzene rings is 2. The summed E-state index contributed by atoms with van der Waals surface area (Å²) >= 11 is 0. The van der Waals surface area contributed by atoms with Crippen molar-refractivity contribution in [1.82, 2.24) is 4.90 Å². The second-order valence-electron chi connectivity index (χ2n) is 9.57. The van der Waals surface area contributed by atoms with Crippen molar-refractivity contribution < 1.29 is 14.3 Å². The van der Waals surface area contributed by atoms with Crippen molar-refractivity contribution in [2.24, 2.45) is 5.92 Å². The molecule has 0 saturated carbocycles. The van der Waals surface area contributed by atoms with Crippen LogP contribution in [0.3, 0.4) is 0 Å². The second-order valence-corrected chi connectivity index (χ2v) is 9.57. The molecule has 1 aliphatic rings. The van der Waals surface area contributed by atoms with Crippen LogP contribution in [0.5, 0.6) is 0 Å². The van der Waals surface area contributed by atoms with Crippen molar-refractivity contribution in [3.8, 4) is 0 Å². The highest BCUT2D eigenvalue weighted by Crippen LogP contribution is 2.26. The number of aryl methyl sites for hydroxylation is 1. The number of amides is 2. The highest BCUT2D eigenvalue weighted by atomic mass is 16.5. The summed E-state index contributed by atoms with van der Waals surface area (Å²) in [5.74, 6) is 0.285. The van der Waals surface area contributed by atoms with Gasteiger partial charge < -0.3 is 19.9 Å². The molecule has 178 valence electrons. The Labute approximate surface area is 197 Å². The summed E-state index contributed by atoms with van der Waals surface area (Å²) in [5, 5.41) is 3.01. The van der Waals surface area contributed by atoms with Crippen LogP contribution in [0, 0.1) is 12.8 Å². The molecule has 1 fully saturated rings. The Balaban J connectivity index is 1.89. The van der Waals surface area contributed by atoms with Gasteiger partial charge in [-0.25, -0.2) is 0 Å². The van der Waals surface area contributed by atoms with E-state index in [-0.39, 0.29) is 17.9 Å². The van der Waals surface area contributed by atoms with Crippen LogP contribution in [0.1, 0.15) is 54.6 Å². The van der Waals surface area contributed by atoms with Crippen LogP contribution in [0.25, 0.3) is 0 Å². The number of hydrogen-bond donors (Lipinski definition) is 1. The van der Waals surface area contributed by atoms with Crippen molar-refractivity contribution in [1.29, 1.82) is 0 Å². The molecule has 6 heteroatoms. The Bertz CT molecular complexity index is 965. The summed E-state index contributed by atoms with van der Waals surface area (Å²) in [6.45, 7) is 7.78. The topological polar surface area (TPSA) is 61.9 Å². The van der Waals surface area contributed by atoms with Gasteiger partial charge in [0.05, 0.1) is 6.10 Å². The molecule has 2 aromatic rings. The number of nitrogens with zero attached hydrogens (tertiary/aromatic N) is 2. The Morgan fingerprint density at radius 3 is 2.58 bits per heavy atom. The highest BCUT2D eigenvalue weighted by molar-refractivity contribution is 5.94. The summed E-state index contributed by atoms with van der Waals surface area (Å²) in [4.78, 5) is 29.8. The Hall–Kier alpha value is -2.86. The van der Waals surface area contributed by atoms with E-state index in [0.29, 0.717) is 31.0 Å². The maximum Gasteiger partial charge on any atom is 0.254 e. The van der Waals surface area contributed by atoms with Gasteiger partial charge in [-0.05, 0) is 61.6 Å². The zero-order valence-corrected chi connectivity index (χ0v) is 20.6. The zero-order valence-electron chi connectivity index (χ0n) is 20.6. The molecule has 1 N–H and O–H groups in total. The summed E-state index contributed by atoms with van der Waals surface area (Å²) in [6.07, 6.45) is 2.51. The lowest BCUT2D eigenvalue weighted by atomic mass is 10.1. The molecular weight excluding hydrogens is 414 g/mol. The van der Waals surface area contributed by atoms with Crippen molar-refractivity contribution in [2.75, 3.05) is 37.5 Å². The standard InChI is InChI=1S/C27H37N3O3/c1-19(2)14-26(31)28-23-11-12-25(29(4)5)22(16-23)17-30(18-24-10-7-13-33-24)27(32)21-9-6-8-20(3)15-21/h6,8-9,11-12,15-16,19,24H,7,10,13-14,17-18H2,1-5H3,(H,28,31). The third kappa shape index (κ3) is 7.06. The minimum atomic E-state index is -0.00634. The van der Waals surface area contributed by atoms with E-state index >= 15 is 0 Å². The molecule has 1 unspecified atom stereocenters. The summed E-state index contributed by atoms with van der Waals surface area (Å²) < 4.78 is 5.86. The summed E-state index contributed by atoms with van der Waals surface area (Å²) in [7, 11) is 3.98. The number of ether oxygens (including phenoxy) is 1. The van der Waals surface area contributed by atoms with Crippen molar-refractivity contribution in [3.05, 3.63) is 59.2 Å². The minimum Gasteiger partial charge on any atom is -0.377 e.